The minimum absolute atomic E-state index is 0.180. The smallest absolute Gasteiger partial charge is 0.225 e. The van der Waals surface area contributed by atoms with Crippen LogP contribution in [0.25, 0.3) is 0 Å². The van der Waals surface area contributed by atoms with Gasteiger partial charge in [-0.2, -0.15) is 0 Å². The van der Waals surface area contributed by atoms with Crippen molar-refractivity contribution in [3.63, 3.8) is 0 Å². The highest BCUT2D eigenvalue weighted by Gasteiger charge is 2.32. The van der Waals surface area contributed by atoms with Crippen molar-refractivity contribution in [2.45, 2.75) is 38.6 Å². The average molecular weight is 253 g/mol. The Bertz CT molecular complexity index is 289. The van der Waals surface area contributed by atoms with E-state index in [2.05, 4.69) is 23.8 Å². The van der Waals surface area contributed by atoms with E-state index in [1.165, 1.54) is 0 Å². The summed E-state index contributed by atoms with van der Waals surface area (Å²) in [5, 5.41) is 0. The van der Waals surface area contributed by atoms with E-state index in [0.717, 1.165) is 51.9 Å². The van der Waals surface area contributed by atoms with Gasteiger partial charge in [-0.15, -0.1) is 0 Å². The van der Waals surface area contributed by atoms with Gasteiger partial charge >= 0.3 is 0 Å². The van der Waals surface area contributed by atoms with Gasteiger partial charge in [0.2, 0.25) is 5.91 Å². The molecule has 4 nitrogen and oxygen atoms in total. The van der Waals surface area contributed by atoms with Crippen LogP contribution in [-0.4, -0.2) is 55.0 Å². The minimum atomic E-state index is 0.180. The third-order valence-corrected chi connectivity index (χ3v) is 4.64. The summed E-state index contributed by atoms with van der Waals surface area (Å²) >= 11 is 0. The number of nitrogens with zero attached hydrogens (tertiary/aromatic N) is 2. The van der Waals surface area contributed by atoms with Crippen LogP contribution in [0.3, 0.4) is 0 Å². The lowest BCUT2D eigenvalue weighted by molar-refractivity contribution is -0.136. The summed E-state index contributed by atoms with van der Waals surface area (Å²) in [5.74, 6) is 1.11. The first-order valence-electron chi connectivity index (χ1n) is 7.31. The molecule has 1 saturated heterocycles. The molecular formula is C14H27N3O. The van der Waals surface area contributed by atoms with E-state index in [9.17, 15) is 4.79 Å². The first-order chi connectivity index (χ1) is 8.58. The van der Waals surface area contributed by atoms with E-state index < -0.39 is 0 Å². The Hall–Kier alpha value is -0.610. The summed E-state index contributed by atoms with van der Waals surface area (Å²) < 4.78 is 0. The molecule has 0 aromatic carbocycles. The zero-order valence-corrected chi connectivity index (χ0v) is 11.8. The summed E-state index contributed by atoms with van der Waals surface area (Å²) in [5.41, 5.74) is 6.11. The van der Waals surface area contributed by atoms with E-state index in [1.54, 1.807) is 0 Å². The van der Waals surface area contributed by atoms with Gasteiger partial charge in [0, 0.05) is 31.6 Å². The average Bonchev–Trinajstić information content (AvgIpc) is 2.57. The second kappa shape index (κ2) is 6.02. The zero-order chi connectivity index (χ0) is 13.1. The van der Waals surface area contributed by atoms with Gasteiger partial charge in [0.25, 0.3) is 0 Å². The summed E-state index contributed by atoms with van der Waals surface area (Å²) in [4.78, 5) is 16.9. The van der Waals surface area contributed by atoms with Crippen LogP contribution in [0.4, 0.5) is 0 Å². The lowest BCUT2D eigenvalue weighted by atomic mass is 9.79. The van der Waals surface area contributed by atoms with Crippen molar-refractivity contribution in [3.05, 3.63) is 0 Å². The summed E-state index contributed by atoms with van der Waals surface area (Å²) in [6.07, 6.45) is 4.11. The fourth-order valence-corrected chi connectivity index (χ4v) is 3.11. The van der Waals surface area contributed by atoms with Gasteiger partial charge in [-0.3, -0.25) is 4.79 Å². The number of rotatable bonds is 1. The highest BCUT2D eigenvalue weighted by Crippen LogP contribution is 2.29. The van der Waals surface area contributed by atoms with Crippen LogP contribution in [0, 0.1) is 11.8 Å². The topological polar surface area (TPSA) is 49.6 Å². The second-order valence-electron chi connectivity index (χ2n) is 6.13. The van der Waals surface area contributed by atoms with Crippen molar-refractivity contribution in [1.29, 1.82) is 0 Å². The number of nitrogens with two attached hydrogens (primary N) is 1. The van der Waals surface area contributed by atoms with E-state index >= 15 is 0 Å². The molecule has 2 N–H and O–H groups in total. The van der Waals surface area contributed by atoms with Crippen LogP contribution >= 0.6 is 0 Å². The summed E-state index contributed by atoms with van der Waals surface area (Å²) in [6.45, 7) is 6.11. The number of likely N-dealkylation sites (N-methyl/N-ethyl adjacent to an activating group) is 1. The predicted molar refractivity (Wildman–Crippen MR) is 73.2 cm³/mol. The van der Waals surface area contributed by atoms with Crippen molar-refractivity contribution in [1.82, 2.24) is 9.80 Å². The van der Waals surface area contributed by atoms with Crippen LogP contribution < -0.4 is 5.73 Å². The fraction of sp³-hybridized carbons (Fsp3) is 0.929. The maximum absolute atomic E-state index is 12.5. The predicted octanol–water partition coefficient (Wildman–Crippen LogP) is 0.914. The van der Waals surface area contributed by atoms with E-state index in [-0.39, 0.29) is 12.0 Å². The molecule has 1 aliphatic heterocycles. The SMILES string of the molecule is CC1CCC(C(=O)N2CCCN(C)CC2)CC1N. The molecule has 2 aliphatic rings. The molecule has 0 aromatic heterocycles. The first-order valence-corrected chi connectivity index (χ1v) is 7.31. The summed E-state index contributed by atoms with van der Waals surface area (Å²) in [7, 11) is 2.13. The Kier molecular flexibility index (Phi) is 4.62. The Labute approximate surface area is 110 Å². The molecule has 4 heteroatoms. The lowest BCUT2D eigenvalue weighted by Gasteiger charge is -2.34. The van der Waals surface area contributed by atoms with Gasteiger partial charge in [-0.25, -0.2) is 0 Å². The largest absolute Gasteiger partial charge is 0.341 e. The molecule has 0 spiro atoms. The standard InChI is InChI=1S/C14H27N3O/c1-11-4-5-12(10-13(11)15)14(18)17-7-3-6-16(2)8-9-17/h11-13H,3-10,15H2,1-2H3. The molecule has 18 heavy (non-hydrogen) atoms. The molecule has 1 aliphatic carbocycles. The van der Waals surface area contributed by atoms with Gasteiger partial charge < -0.3 is 15.5 Å². The van der Waals surface area contributed by atoms with Crippen LogP contribution in [0.15, 0.2) is 0 Å². The molecule has 0 radical (unpaired) electrons. The van der Waals surface area contributed by atoms with Crippen molar-refractivity contribution in [3.8, 4) is 0 Å². The Morgan fingerprint density at radius 1 is 1.17 bits per heavy atom. The summed E-state index contributed by atoms with van der Waals surface area (Å²) in [6, 6.07) is 0.211. The van der Waals surface area contributed by atoms with Crippen LogP contribution in [0.2, 0.25) is 0 Å². The van der Waals surface area contributed by atoms with Gasteiger partial charge in [-0.1, -0.05) is 6.92 Å². The van der Waals surface area contributed by atoms with Crippen molar-refractivity contribution >= 4 is 5.91 Å². The molecule has 2 fully saturated rings. The maximum Gasteiger partial charge on any atom is 0.225 e. The van der Waals surface area contributed by atoms with Crippen molar-refractivity contribution < 1.29 is 4.79 Å². The third-order valence-electron chi connectivity index (χ3n) is 4.64. The molecule has 0 bridgehead atoms. The fourth-order valence-electron chi connectivity index (χ4n) is 3.11. The van der Waals surface area contributed by atoms with Crippen LogP contribution in [0.5, 0.6) is 0 Å². The normalized spacial score (nSPS) is 35.3. The monoisotopic (exact) mass is 253 g/mol. The molecule has 1 saturated carbocycles. The number of amides is 1. The number of hydrogen-bond donors (Lipinski definition) is 1. The van der Waals surface area contributed by atoms with Gasteiger partial charge in [0.15, 0.2) is 0 Å². The second-order valence-corrected chi connectivity index (χ2v) is 6.13. The molecule has 1 heterocycles. The van der Waals surface area contributed by atoms with E-state index in [1.807, 2.05) is 0 Å². The Morgan fingerprint density at radius 3 is 2.67 bits per heavy atom. The molecule has 104 valence electrons. The molecule has 3 atom stereocenters. The Morgan fingerprint density at radius 2 is 1.94 bits per heavy atom. The van der Waals surface area contributed by atoms with E-state index in [0.29, 0.717) is 11.8 Å². The van der Waals surface area contributed by atoms with E-state index in [4.69, 9.17) is 5.73 Å². The Balaban J connectivity index is 1.90. The number of hydrogen-bond acceptors (Lipinski definition) is 3. The molecule has 0 aromatic rings. The molecular weight excluding hydrogens is 226 g/mol. The number of carbonyl (C=O) groups excluding carboxylic acids is 1. The van der Waals surface area contributed by atoms with Gasteiger partial charge in [0.1, 0.15) is 0 Å². The number of carbonyl (C=O) groups is 1. The molecule has 3 unspecified atom stereocenters. The maximum atomic E-state index is 12.5. The zero-order valence-electron chi connectivity index (χ0n) is 11.8. The molecule has 1 amide bonds. The first kappa shape index (κ1) is 13.8. The quantitative estimate of drug-likeness (QED) is 0.756. The van der Waals surface area contributed by atoms with Gasteiger partial charge in [0.05, 0.1) is 0 Å². The van der Waals surface area contributed by atoms with Crippen LogP contribution in [-0.2, 0) is 4.79 Å². The van der Waals surface area contributed by atoms with Crippen LogP contribution in [0.1, 0.15) is 32.6 Å². The van der Waals surface area contributed by atoms with Crippen molar-refractivity contribution in [2.24, 2.45) is 17.6 Å². The van der Waals surface area contributed by atoms with Crippen molar-refractivity contribution in [2.75, 3.05) is 33.2 Å². The van der Waals surface area contributed by atoms with Gasteiger partial charge in [-0.05, 0) is 45.2 Å². The molecule has 2 rings (SSSR count). The minimum Gasteiger partial charge on any atom is -0.341 e. The third kappa shape index (κ3) is 3.23. The highest BCUT2D eigenvalue weighted by molar-refractivity contribution is 5.79. The highest BCUT2D eigenvalue weighted by atomic mass is 16.2. The lowest BCUT2D eigenvalue weighted by Crippen LogP contribution is -2.44.